The summed E-state index contributed by atoms with van der Waals surface area (Å²) in [7, 11) is 1.67. The molecule has 0 amide bonds. The molecule has 1 aromatic heterocycles. The van der Waals surface area contributed by atoms with E-state index in [9.17, 15) is 0 Å². The third-order valence-corrected chi connectivity index (χ3v) is 4.45. The molecule has 0 fully saturated rings. The molecule has 68 valence electrons. The molecule has 1 aromatic carbocycles. The number of hydrogen-bond acceptors (Lipinski definition) is 3. The summed E-state index contributed by atoms with van der Waals surface area (Å²) < 4.78 is 7.39. The van der Waals surface area contributed by atoms with Crippen molar-refractivity contribution < 1.29 is 4.74 Å². The first-order valence-corrected chi connectivity index (χ1v) is 5.78. The van der Waals surface area contributed by atoms with Crippen LogP contribution in [0.2, 0.25) is 0 Å². The van der Waals surface area contributed by atoms with Crippen molar-refractivity contribution in [2.75, 3.05) is 7.11 Å². The highest BCUT2D eigenvalue weighted by Gasteiger charge is 2.08. The van der Waals surface area contributed by atoms with Crippen molar-refractivity contribution >= 4 is 50.0 Å². The van der Waals surface area contributed by atoms with Crippen LogP contribution in [0.3, 0.4) is 0 Å². The van der Waals surface area contributed by atoms with Crippen molar-refractivity contribution in [3.05, 3.63) is 22.0 Å². The summed E-state index contributed by atoms with van der Waals surface area (Å²) in [6, 6.07) is 3.97. The van der Waals surface area contributed by atoms with Gasteiger partial charge in [-0.1, -0.05) is 0 Å². The zero-order chi connectivity index (χ0) is 9.42. The van der Waals surface area contributed by atoms with Gasteiger partial charge in [-0.05, 0) is 28.1 Å². The molecule has 0 N–H and O–H groups in total. The lowest BCUT2D eigenvalue weighted by Gasteiger charge is -2.03. The first kappa shape index (κ1) is 9.37. The minimum Gasteiger partial charge on any atom is -0.496 e. The Labute approximate surface area is 94.3 Å². The van der Waals surface area contributed by atoms with Crippen molar-refractivity contribution in [3.8, 4) is 5.75 Å². The van der Waals surface area contributed by atoms with E-state index in [1.807, 2.05) is 17.5 Å². The van der Waals surface area contributed by atoms with E-state index < -0.39 is 0 Å². The quantitative estimate of drug-likeness (QED) is 0.775. The molecule has 4 heteroatoms. The van der Waals surface area contributed by atoms with Gasteiger partial charge in [0.1, 0.15) is 5.75 Å². The van der Waals surface area contributed by atoms with Gasteiger partial charge in [-0.3, -0.25) is 0 Å². The third kappa shape index (κ3) is 1.47. The minimum atomic E-state index is 0.864. The SMILES string of the molecule is COc1ccc2c(S)csc2c1Br. The second-order valence-corrected chi connectivity index (χ2v) is 4.73. The van der Waals surface area contributed by atoms with E-state index >= 15 is 0 Å². The number of methoxy groups -OCH3 is 1. The van der Waals surface area contributed by atoms with Crippen LogP contribution >= 0.6 is 39.9 Å². The molecule has 0 unspecified atom stereocenters. The molecule has 0 bridgehead atoms. The molecule has 13 heavy (non-hydrogen) atoms. The number of halogens is 1. The normalized spacial score (nSPS) is 10.7. The fourth-order valence-corrected chi connectivity index (χ4v) is 3.26. The van der Waals surface area contributed by atoms with Crippen LogP contribution in [0.15, 0.2) is 26.9 Å². The average Bonchev–Trinajstić information content (AvgIpc) is 2.50. The zero-order valence-electron chi connectivity index (χ0n) is 6.87. The Morgan fingerprint density at radius 3 is 2.92 bits per heavy atom. The monoisotopic (exact) mass is 274 g/mol. The second-order valence-electron chi connectivity index (χ2n) is 2.58. The maximum Gasteiger partial charge on any atom is 0.134 e. The number of thiophene rings is 1. The summed E-state index contributed by atoms with van der Waals surface area (Å²) in [6.07, 6.45) is 0. The first-order chi connectivity index (χ1) is 6.24. The van der Waals surface area contributed by atoms with E-state index in [0.29, 0.717) is 0 Å². The Bertz CT molecular complexity index is 450. The maximum absolute atomic E-state index is 5.20. The van der Waals surface area contributed by atoms with Crippen molar-refractivity contribution in [2.24, 2.45) is 0 Å². The fraction of sp³-hybridized carbons (Fsp3) is 0.111. The van der Waals surface area contributed by atoms with Crippen LogP contribution in [0.25, 0.3) is 10.1 Å². The summed E-state index contributed by atoms with van der Waals surface area (Å²) in [6.45, 7) is 0. The lowest BCUT2D eigenvalue weighted by molar-refractivity contribution is 0.413. The lowest BCUT2D eigenvalue weighted by atomic mass is 10.2. The Kier molecular flexibility index (Phi) is 2.53. The van der Waals surface area contributed by atoms with Gasteiger partial charge in [0.25, 0.3) is 0 Å². The van der Waals surface area contributed by atoms with E-state index in [-0.39, 0.29) is 0 Å². The lowest BCUT2D eigenvalue weighted by Crippen LogP contribution is -1.83. The van der Waals surface area contributed by atoms with Gasteiger partial charge < -0.3 is 4.74 Å². The summed E-state index contributed by atoms with van der Waals surface area (Å²) in [5.74, 6) is 0.864. The minimum absolute atomic E-state index is 0.864. The van der Waals surface area contributed by atoms with Crippen LogP contribution in [0.4, 0.5) is 0 Å². The standard InChI is InChI=1S/C9H7BrOS2/c1-11-6-3-2-5-7(12)4-13-9(5)8(6)10/h2-4,12H,1H3. The van der Waals surface area contributed by atoms with Gasteiger partial charge in [-0.2, -0.15) is 0 Å². The number of rotatable bonds is 1. The van der Waals surface area contributed by atoms with Crippen LogP contribution in [-0.2, 0) is 0 Å². The van der Waals surface area contributed by atoms with Crippen LogP contribution in [-0.4, -0.2) is 7.11 Å². The molecule has 1 heterocycles. The topological polar surface area (TPSA) is 9.23 Å². The second kappa shape index (κ2) is 3.52. The molecule has 0 spiro atoms. The highest BCUT2D eigenvalue weighted by molar-refractivity contribution is 9.10. The van der Waals surface area contributed by atoms with Crippen molar-refractivity contribution in [3.63, 3.8) is 0 Å². The number of benzene rings is 1. The summed E-state index contributed by atoms with van der Waals surface area (Å²) in [5.41, 5.74) is 0. The highest BCUT2D eigenvalue weighted by Crippen LogP contribution is 2.39. The van der Waals surface area contributed by atoms with Gasteiger partial charge in [-0.15, -0.1) is 24.0 Å². The molecule has 0 atom stereocenters. The third-order valence-electron chi connectivity index (χ3n) is 1.85. The molecule has 2 rings (SSSR count). The van der Waals surface area contributed by atoms with Gasteiger partial charge in [0.15, 0.2) is 0 Å². The number of fused-ring (bicyclic) bond motifs is 1. The number of hydrogen-bond donors (Lipinski definition) is 1. The van der Waals surface area contributed by atoms with E-state index in [1.54, 1.807) is 18.4 Å². The van der Waals surface area contributed by atoms with Gasteiger partial charge >= 0.3 is 0 Å². The van der Waals surface area contributed by atoms with Crippen molar-refractivity contribution in [1.82, 2.24) is 0 Å². The fourth-order valence-electron chi connectivity index (χ4n) is 1.19. The van der Waals surface area contributed by atoms with Crippen molar-refractivity contribution in [1.29, 1.82) is 0 Å². The van der Waals surface area contributed by atoms with Gasteiger partial charge in [0.2, 0.25) is 0 Å². The van der Waals surface area contributed by atoms with Crippen LogP contribution in [0, 0.1) is 0 Å². The molecule has 0 saturated heterocycles. The van der Waals surface area contributed by atoms with E-state index in [4.69, 9.17) is 4.74 Å². The zero-order valence-corrected chi connectivity index (χ0v) is 10.2. The summed E-state index contributed by atoms with van der Waals surface area (Å²) >= 11 is 9.53. The van der Waals surface area contributed by atoms with E-state index in [1.165, 1.54) is 10.1 Å². The molecule has 0 aliphatic rings. The number of ether oxygens (including phenoxy) is 1. The Hall–Kier alpha value is -0.190. The van der Waals surface area contributed by atoms with Gasteiger partial charge in [-0.25, -0.2) is 0 Å². The first-order valence-electron chi connectivity index (χ1n) is 3.66. The molecular formula is C9H7BrOS2. The molecule has 1 nitrogen and oxygen atoms in total. The van der Waals surface area contributed by atoms with Gasteiger partial charge in [0.05, 0.1) is 16.3 Å². The van der Waals surface area contributed by atoms with Gasteiger partial charge in [0, 0.05) is 15.7 Å². The molecule has 0 aliphatic heterocycles. The molecule has 0 radical (unpaired) electrons. The average molecular weight is 275 g/mol. The summed E-state index contributed by atoms with van der Waals surface area (Å²) in [4.78, 5) is 1.02. The Morgan fingerprint density at radius 2 is 2.23 bits per heavy atom. The van der Waals surface area contributed by atoms with E-state index in [0.717, 1.165) is 15.1 Å². The molecule has 0 aliphatic carbocycles. The van der Waals surface area contributed by atoms with Crippen molar-refractivity contribution in [2.45, 2.75) is 4.90 Å². The van der Waals surface area contributed by atoms with Crippen LogP contribution in [0.1, 0.15) is 0 Å². The highest BCUT2D eigenvalue weighted by atomic mass is 79.9. The van der Waals surface area contributed by atoms with E-state index in [2.05, 4.69) is 28.6 Å². The molecule has 2 aromatic rings. The Balaban J connectivity index is 2.80. The summed E-state index contributed by atoms with van der Waals surface area (Å²) in [5, 5.41) is 3.19. The smallest absolute Gasteiger partial charge is 0.134 e. The predicted molar refractivity (Wildman–Crippen MR) is 63.3 cm³/mol. The maximum atomic E-state index is 5.20. The molecule has 0 saturated carbocycles. The Morgan fingerprint density at radius 1 is 1.46 bits per heavy atom. The molecular weight excluding hydrogens is 268 g/mol. The largest absolute Gasteiger partial charge is 0.496 e. The van der Waals surface area contributed by atoms with Crippen LogP contribution < -0.4 is 4.74 Å². The van der Waals surface area contributed by atoms with Crippen LogP contribution in [0.5, 0.6) is 5.75 Å². The number of thiol groups is 1. The predicted octanol–water partition coefficient (Wildman–Crippen LogP) is 3.96.